The maximum absolute atomic E-state index is 10.9. The molecule has 2 rings (SSSR count). The van der Waals surface area contributed by atoms with E-state index in [9.17, 15) is 10.0 Å². The van der Waals surface area contributed by atoms with Crippen LogP contribution in [0.1, 0.15) is 25.5 Å². The van der Waals surface area contributed by atoms with E-state index >= 15 is 0 Å². The van der Waals surface area contributed by atoms with Crippen LogP contribution in [0.2, 0.25) is 0 Å². The van der Waals surface area contributed by atoms with Crippen LogP contribution in [0.4, 0.5) is 4.79 Å². The Morgan fingerprint density at radius 1 is 1.23 bits per heavy atom. The molecule has 2 aromatic carbocycles. The third kappa shape index (κ3) is 5.03. The van der Waals surface area contributed by atoms with E-state index in [1.807, 2.05) is 30.3 Å². The van der Waals surface area contributed by atoms with E-state index in [0.29, 0.717) is 11.7 Å². The number of amides is 2. The van der Waals surface area contributed by atoms with Crippen LogP contribution in [0.5, 0.6) is 5.75 Å². The van der Waals surface area contributed by atoms with Crippen LogP contribution < -0.4 is 40.0 Å². The first-order valence-corrected chi connectivity index (χ1v) is 6.62. The van der Waals surface area contributed by atoms with Gasteiger partial charge < -0.3 is 11.9 Å². The van der Waals surface area contributed by atoms with Crippen molar-refractivity contribution in [3.05, 3.63) is 65.7 Å². The summed E-state index contributed by atoms with van der Waals surface area (Å²) in [5.74, 6) is 0.721. The van der Waals surface area contributed by atoms with Gasteiger partial charge in [-0.1, -0.05) is 42.5 Å². The van der Waals surface area contributed by atoms with E-state index in [0.717, 1.165) is 16.9 Å². The second kappa shape index (κ2) is 8.80. The van der Waals surface area contributed by atoms with Crippen molar-refractivity contribution in [2.45, 2.75) is 19.6 Å². The van der Waals surface area contributed by atoms with E-state index in [2.05, 4.69) is 0 Å². The summed E-state index contributed by atoms with van der Waals surface area (Å²) in [7, 11) is 0. The average Bonchev–Trinajstić information content (AvgIpc) is 2.53. The van der Waals surface area contributed by atoms with E-state index < -0.39 is 12.1 Å². The van der Waals surface area contributed by atoms with Gasteiger partial charge in [0.25, 0.3) is 0 Å². The molecule has 1 unspecified atom stereocenters. The second-order valence-electron chi connectivity index (χ2n) is 4.70. The molecule has 112 valence electrons. The number of hydrogen-bond donors (Lipinski definition) is 2. The molecule has 22 heavy (non-hydrogen) atoms. The summed E-state index contributed by atoms with van der Waals surface area (Å²) >= 11 is 0. The molecule has 0 fully saturated rings. The zero-order chi connectivity index (χ0) is 15.2. The smallest absolute Gasteiger partial charge is 1.00 e. The van der Waals surface area contributed by atoms with Gasteiger partial charge in [-0.15, -0.1) is 0 Å². The monoisotopic (exact) mass is 310 g/mol. The quantitative estimate of drug-likeness (QED) is 0.471. The molecule has 0 radical (unpaired) electrons. The molecule has 0 saturated carbocycles. The molecule has 3 N–H and O–H groups in total. The van der Waals surface area contributed by atoms with Crippen molar-refractivity contribution in [3.8, 4) is 5.75 Å². The van der Waals surface area contributed by atoms with Crippen molar-refractivity contribution in [2.75, 3.05) is 0 Å². The van der Waals surface area contributed by atoms with Crippen molar-refractivity contribution in [2.24, 2.45) is 5.73 Å². The molecular formula is C16H19N2NaO3. The number of rotatable bonds is 5. The largest absolute Gasteiger partial charge is 1.00 e. The molecule has 2 aromatic rings. The van der Waals surface area contributed by atoms with E-state index in [1.54, 1.807) is 31.2 Å². The zero-order valence-corrected chi connectivity index (χ0v) is 14.8. The van der Waals surface area contributed by atoms with E-state index in [4.69, 9.17) is 10.5 Å². The molecule has 2 amide bonds. The minimum atomic E-state index is -0.882. The number of urea groups is 1. The summed E-state index contributed by atoms with van der Waals surface area (Å²) in [6, 6.07) is 15.6. The molecular weight excluding hydrogens is 291 g/mol. The van der Waals surface area contributed by atoms with Crippen molar-refractivity contribution >= 4 is 6.03 Å². The minimum Gasteiger partial charge on any atom is -1.00 e. The van der Waals surface area contributed by atoms with Gasteiger partial charge in [-0.25, -0.2) is 4.79 Å². The average molecular weight is 310 g/mol. The summed E-state index contributed by atoms with van der Waals surface area (Å²) in [6.07, 6.45) is 0. The molecule has 0 heterocycles. The Morgan fingerprint density at radius 2 is 1.82 bits per heavy atom. The summed E-state index contributed by atoms with van der Waals surface area (Å²) in [5, 5.41) is 10.00. The van der Waals surface area contributed by atoms with Gasteiger partial charge in [0.2, 0.25) is 0 Å². The second-order valence-corrected chi connectivity index (χ2v) is 4.70. The molecule has 1 atom stereocenters. The first-order valence-electron chi connectivity index (χ1n) is 6.62. The van der Waals surface area contributed by atoms with E-state index in [1.165, 1.54) is 0 Å². The number of carbonyl (C=O) groups is 1. The Morgan fingerprint density at radius 3 is 2.36 bits per heavy atom. The SMILES string of the molecule is CC(c1ccc(OCc2ccccc2)cc1)N(O)C(N)=O.[H-].[Na+]. The van der Waals surface area contributed by atoms with Gasteiger partial charge in [0.05, 0.1) is 6.04 Å². The topological polar surface area (TPSA) is 75.8 Å². The third-order valence-corrected chi connectivity index (χ3v) is 3.20. The number of hydrogen-bond acceptors (Lipinski definition) is 3. The van der Waals surface area contributed by atoms with Gasteiger partial charge in [0.1, 0.15) is 12.4 Å². The van der Waals surface area contributed by atoms with Gasteiger partial charge in [-0.05, 0) is 30.2 Å². The van der Waals surface area contributed by atoms with Crippen LogP contribution in [0, 0.1) is 0 Å². The third-order valence-electron chi connectivity index (χ3n) is 3.20. The predicted octanol–water partition coefficient (Wildman–Crippen LogP) is 0.213. The first-order chi connectivity index (χ1) is 10.1. The number of primary amides is 1. The molecule has 0 aliphatic heterocycles. The molecule has 0 saturated heterocycles. The van der Waals surface area contributed by atoms with Crippen LogP contribution in [0.3, 0.4) is 0 Å². The predicted molar refractivity (Wildman–Crippen MR) is 80.0 cm³/mol. The van der Waals surface area contributed by atoms with Gasteiger partial charge >= 0.3 is 35.6 Å². The Balaban J connectivity index is 0.00000242. The zero-order valence-electron chi connectivity index (χ0n) is 13.8. The van der Waals surface area contributed by atoms with Gasteiger partial charge in [-0.2, -0.15) is 5.06 Å². The van der Waals surface area contributed by atoms with Crippen molar-refractivity contribution in [3.63, 3.8) is 0 Å². The standard InChI is InChI=1S/C16H18N2O3.Na.H/c1-12(18(20)16(17)19)14-7-9-15(10-8-14)21-11-13-5-3-2-4-6-13;;/h2-10,12,20H,11H2,1H3,(H2,17,19);;/q;+1;-1. The van der Waals surface area contributed by atoms with Crippen molar-refractivity contribution in [1.29, 1.82) is 0 Å². The fourth-order valence-corrected chi connectivity index (χ4v) is 1.92. The number of benzene rings is 2. The maximum Gasteiger partial charge on any atom is 1.00 e. The normalized spacial score (nSPS) is 11.2. The fourth-order valence-electron chi connectivity index (χ4n) is 1.92. The molecule has 0 aliphatic carbocycles. The van der Waals surface area contributed by atoms with Crippen LogP contribution >= 0.6 is 0 Å². The van der Waals surface area contributed by atoms with Crippen molar-refractivity contribution < 1.29 is 45.7 Å². The number of ether oxygens (including phenoxy) is 1. The summed E-state index contributed by atoms with van der Waals surface area (Å²) in [4.78, 5) is 10.9. The molecule has 0 spiro atoms. The van der Waals surface area contributed by atoms with Crippen LogP contribution in [-0.4, -0.2) is 16.3 Å². The molecule has 0 bridgehead atoms. The number of carbonyl (C=O) groups excluding carboxylic acids is 1. The summed E-state index contributed by atoms with van der Waals surface area (Å²) in [6.45, 7) is 2.17. The van der Waals surface area contributed by atoms with Crippen LogP contribution in [0.15, 0.2) is 54.6 Å². The molecule has 0 aromatic heterocycles. The Labute approximate surface area is 153 Å². The van der Waals surface area contributed by atoms with Crippen molar-refractivity contribution in [1.82, 2.24) is 5.06 Å². The minimum absolute atomic E-state index is 0. The number of nitrogens with zero attached hydrogens (tertiary/aromatic N) is 1. The Kier molecular flexibility index (Phi) is 7.41. The number of hydroxylamine groups is 2. The molecule has 0 aliphatic rings. The Bertz CT molecular complexity index is 596. The maximum atomic E-state index is 10.9. The first kappa shape index (κ1) is 18.5. The van der Waals surface area contributed by atoms with E-state index in [-0.39, 0.29) is 31.0 Å². The molecule has 6 heteroatoms. The molecule has 5 nitrogen and oxygen atoms in total. The van der Waals surface area contributed by atoms with Crippen LogP contribution in [-0.2, 0) is 6.61 Å². The summed E-state index contributed by atoms with van der Waals surface area (Å²) < 4.78 is 5.67. The summed E-state index contributed by atoms with van der Waals surface area (Å²) in [5.41, 5.74) is 6.88. The van der Waals surface area contributed by atoms with Gasteiger partial charge in [0, 0.05) is 0 Å². The fraction of sp³-hybridized carbons (Fsp3) is 0.188. The van der Waals surface area contributed by atoms with Gasteiger partial charge in [0.15, 0.2) is 0 Å². The Hall–Kier alpha value is -1.53. The van der Waals surface area contributed by atoms with Gasteiger partial charge in [-0.3, -0.25) is 5.21 Å². The number of nitrogens with two attached hydrogens (primary N) is 1. The van der Waals surface area contributed by atoms with Crippen LogP contribution in [0.25, 0.3) is 0 Å².